The predicted molar refractivity (Wildman–Crippen MR) is 79.2 cm³/mol. The zero-order valence-electron chi connectivity index (χ0n) is 9.60. The minimum absolute atomic E-state index is 0.874. The molecule has 1 heterocycles. The normalized spacial score (nSPS) is 11.4. The summed E-state index contributed by atoms with van der Waals surface area (Å²) in [6.45, 7) is 0. The van der Waals surface area contributed by atoms with Crippen molar-refractivity contribution in [2.45, 2.75) is 0 Å². The Bertz CT molecular complexity index is 663. The molecule has 0 saturated heterocycles. The van der Waals surface area contributed by atoms with E-state index in [1.54, 1.807) is 0 Å². The van der Waals surface area contributed by atoms with Crippen molar-refractivity contribution in [2.75, 3.05) is 0 Å². The van der Waals surface area contributed by atoms with Crippen LogP contribution in [0, 0.1) is 0 Å². The molecule has 3 heteroatoms. The number of imidazole rings is 1. The highest BCUT2D eigenvalue weighted by molar-refractivity contribution is 9.10. The number of hydrogen-bond donors (Lipinski definition) is 1. The Balaban J connectivity index is 1.89. The summed E-state index contributed by atoms with van der Waals surface area (Å²) in [7, 11) is 0. The molecule has 0 unspecified atom stereocenters. The van der Waals surface area contributed by atoms with Crippen LogP contribution in [0.3, 0.4) is 0 Å². The van der Waals surface area contributed by atoms with Crippen LogP contribution in [0.25, 0.3) is 23.2 Å². The molecule has 0 aliphatic carbocycles. The topological polar surface area (TPSA) is 28.7 Å². The number of hydrogen-bond acceptors (Lipinski definition) is 1. The number of nitrogens with one attached hydrogen (secondary N) is 1. The molecule has 0 atom stereocenters. The molecule has 0 spiro atoms. The molecule has 0 amide bonds. The molecule has 2 nitrogen and oxygen atoms in total. The molecular formula is C15H11BrN2. The van der Waals surface area contributed by atoms with E-state index in [1.165, 1.54) is 0 Å². The van der Waals surface area contributed by atoms with Gasteiger partial charge in [0.25, 0.3) is 0 Å². The van der Waals surface area contributed by atoms with E-state index in [-0.39, 0.29) is 0 Å². The highest BCUT2D eigenvalue weighted by Gasteiger charge is 1.97. The molecule has 1 N–H and O–H groups in total. The third-order valence-corrected chi connectivity index (χ3v) is 3.24. The number of halogens is 1. The first-order chi connectivity index (χ1) is 8.81. The molecule has 0 fully saturated rings. The van der Waals surface area contributed by atoms with Crippen molar-refractivity contribution in [1.82, 2.24) is 9.97 Å². The van der Waals surface area contributed by atoms with E-state index in [1.807, 2.05) is 48.6 Å². The van der Waals surface area contributed by atoms with Crippen LogP contribution in [0.2, 0.25) is 0 Å². The average Bonchev–Trinajstić information content (AvgIpc) is 2.81. The molecule has 0 aliphatic heterocycles. The van der Waals surface area contributed by atoms with Crippen molar-refractivity contribution < 1.29 is 0 Å². The first kappa shape index (κ1) is 11.2. The van der Waals surface area contributed by atoms with Gasteiger partial charge in [-0.05, 0) is 35.9 Å². The second-order valence-electron chi connectivity index (χ2n) is 4.02. The summed E-state index contributed by atoms with van der Waals surface area (Å²) < 4.78 is 1.09. The molecular weight excluding hydrogens is 288 g/mol. The molecule has 88 valence electrons. The Morgan fingerprint density at radius 2 is 1.72 bits per heavy atom. The van der Waals surface area contributed by atoms with Gasteiger partial charge in [0.2, 0.25) is 0 Å². The van der Waals surface area contributed by atoms with Crippen LogP contribution in [-0.4, -0.2) is 9.97 Å². The monoisotopic (exact) mass is 298 g/mol. The maximum absolute atomic E-state index is 4.49. The van der Waals surface area contributed by atoms with Crippen LogP contribution in [0.4, 0.5) is 0 Å². The van der Waals surface area contributed by atoms with Crippen molar-refractivity contribution in [2.24, 2.45) is 0 Å². The van der Waals surface area contributed by atoms with Crippen molar-refractivity contribution >= 4 is 39.1 Å². The van der Waals surface area contributed by atoms with Gasteiger partial charge < -0.3 is 4.98 Å². The van der Waals surface area contributed by atoms with Gasteiger partial charge in [-0.25, -0.2) is 4.98 Å². The number of benzene rings is 2. The molecule has 0 radical (unpaired) electrons. The summed E-state index contributed by atoms with van der Waals surface area (Å²) in [5.41, 5.74) is 3.21. The van der Waals surface area contributed by atoms with Gasteiger partial charge in [-0.2, -0.15) is 0 Å². The molecule has 3 rings (SSSR count). The summed E-state index contributed by atoms with van der Waals surface area (Å²) >= 11 is 3.42. The van der Waals surface area contributed by atoms with E-state index in [4.69, 9.17) is 0 Å². The number of para-hydroxylation sites is 2. The fourth-order valence-corrected chi connectivity index (χ4v) is 2.06. The standard InChI is InChI=1S/C15H11BrN2/c16-12-8-5-11(6-9-12)7-10-15-17-13-3-1-2-4-14(13)18-15/h1-10H,(H,17,18). The number of H-pyrrole nitrogens is 1. The molecule has 18 heavy (non-hydrogen) atoms. The molecule has 1 aromatic heterocycles. The predicted octanol–water partition coefficient (Wildman–Crippen LogP) is 4.50. The lowest BCUT2D eigenvalue weighted by Gasteiger charge is -1.92. The van der Waals surface area contributed by atoms with E-state index in [0.717, 1.165) is 26.9 Å². The number of aromatic nitrogens is 2. The first-order valence-electron chi connectivity index (χ1n) is 5.70. The van der Waals surface area contributed by atoms with E-state index in [2.05, 4.69) is 38.0 Å². The van der Waals surface area contributed by atoms with Crippen LogP contribution < -0.4 is 0 Å². The fourth-order valence-electron chi connectivity index (χ4n) is 1.80. The number of aromatic amines is 1. The SMILES string of the molecule is Brc1ccc(C=Cc2nc3ccccc3[nH]2)cc1. The largest absolute Gasteiger partial charge is 0.338 e. The van der Waals surface area contributed by atoms with Gasteiger partial charge in [0, 0.05) is 4.47 Å². The van der Waals surface area contributed by atoms with E-state index in [9.17, 15) is 0 Å². The second-order valence-corrected chi connectivity index (χ2v) is 4.94. The Morgan fingerprint density at radius 1 is 0.944 bits per heavy atom. The van der Waals surface area contributed by atoms with Crippen LogP contribution >= 0.6 is 15.9 Å². The molecule has 0 bridgehead atoms. The van der Waals surface area contributed by atoms with Gasteiger partial charge in [0.15, 0.2) is 0 Å². The van der Waals surface area contributed by atoms with Gasteiger partial charge in [0.1, 0.15) is 5.82 Å². The molecule has 2 aromatic carbocycles. The van der Waals surface area contributed by atoms with Crippen LogP contribution in [-0.2, 0) is 0 Å². The van der Waals surface area contributed by atoms with E-state index >= 15 is 0 Å². The Morgan fingerprint density at radius 3 is 2.50 bits per heavy atom. The quantitative estimate of drug-likeness (QED) is 0.741. The van der Waals surface area contributed by atoms with Gasteiger partial charge in [0.05, 0.1) is 11.0 Å². The van der Waals surface area contributed by atoms with E-state index < -0.39 is 0 Å². The van der Waals surface area contributed by atoms with Gasteiger partial charge in [-0.15, -0.1) is 0 Å². The molecule has 0 saturated carbocycles. The number of nitrogens with zero attached hydrogens (tertiary/aromatic N) is 1. The third kappa shape index (κ3) is 2.36. The first-order valence-corrected chi connectivity index (χ1v) is 6.49. The summed E-state index contributed by atoms with van der Waals surface area (Å²) in [4.78, 5) is 7.76. The smallest absolute Gasteiger partial charge is 0.131 e. The average molecular weight is 299 g/mol. The van der Waals surface area contributed by atoms with Gasteiger partial charge in [-0.1, -0.05) is 46.3 Å². The summed E-state index contributed by atoms with van der Waals surface area (Å²) in [5.74, 6) is 0.874. The highest BCUT2D eigenvalue weighted by Crippen LogP contribution is 2.14. The van der Waals surface area contributed by atoms with Crippen LogP contribution in [0.1, 0.15) is 11.4 Å². The minimum Gasteiger partial charge on any atom is -0.338 e. The van der Waals surface area contributed by atoms with Gasteiger partial charge in [-0.3, -0.25) is 0 Å². The maximum atomic E-state index is 4.49. The zero-order chi connectivity index (χ0) is 12.4. The Kier molecular flexibility index (Phi) is 2.99. The number of rotatable bonds is 2. The summed E-state index contributed by atoms with van der Waals surface area (Å²) in [6, 6.07) is 16.2. The van der Waals surface area contributed by atoms with E-state index in [0.29, 0.717) is 0 Å². The van der Waals surface area contributed by atoms with Crippen molar-refractivity contribution in [3.63, 3.8) is 0 Å². The lowest BCUT2D eigenvalue weighted by atomic mass is 10.2. The summed E-state index contributed by atoms with van der Waals surface area (Å²) in [5, 5.41) is 0. The van der Waals surface area contributed by atoms with Crippen molar-refractivity contribution in [3.05, 3.63) is 64.4 Å². The second kappa shape index (κ2) is 4.78. The van der Waals surface area contributed by atoms with Gasteiger partial charge >= 0.3 is 0 Å². The number of fused-ring (bicyclic) bond motifs is 1. The summed E-state index contributed by atoms with van der Waals surface area (Å²) in [6.07, 6.45) is 4.04. The third-order valence-electron chi connectivity index (χ3n) is 2.71. The minimum atomic E-state index is 0.874. The van der Waals surface area contributed by atoms with Crippen molar-refractivity contribution in [3.8, 4) is 0 Å². The molecule has 3 aromatic rings. The fraction of sp³-hybridized carbons (Fsp3) is 0. The van der Waals surface area contributed by atoms with Crippen molar-refractivity contribution in [1.29, 1.82) is 0 Å². The lowest BCUT2D eigenvalue weighted by Crippen LogP contribution is -1.74. The highest BCUT2D eigenvalue weighted by atomic mass is 79.9. The lowest BCUT2D eigenvalue weighted by molar-refractivity contribution is 1.29. The molecule has 0 aliphatic rings. The van der Waals surface area contributed by atoms with Crippen LogP contribution in [0.15, 0.2) is 53.0 Å². The van der Waals surface area contributed by atoms with Crippen LogP contribution in [0.5, 0.6) is 0 Å². The Labute approximate surface area is 114 Å². The Hall–Kier alpha value is -1.87. The zero-order valence-corrected chi connectivity index (χ0v) is 11.2. The maximum Gasteiger partial charge on any atom is 0.131 e.